The first-order valence-electron chi connectivity index (χ1n) is 10.4. The molecule has 1 aliphatic rings. The number of carbonyl (C=O) groups excluding carboxylic acids is 1. The number of methoxy groups -OCH3 is 1. The Kier molecular flexibility index (Phi) is 6.11. The van der Waals surface area contributed by atoms with E-state index in [1.165, 1.54) is 4.68 Å². The van der Waals surface area contributed by atoms with Crippen LogP contribution in [0.3, 0.4) is 0 Å². The van der Waals surface area contributed by atoms with Crippen LogP contribution < -0.4 is 15.0 Å². The Balaban J connectivity index is 1.55. The van der Waals surface area contributed by atoms with Crippen molar-refractivity contribution >= 4 is 40.3 Å². The molecule has 0 spiro atoms. The van der Waals surface area contributed by atoms with Gasteiger partial charge in [-0.15, -0.1) is 23.5 Å². The number of esters is 1. The maximum absolute atomic E-state index is 13.3. The van der Waals surface area contributed by atoms with E-state index >= 15 is 0 Å². The topological polar surface area (TPSA) is 70.4 Å². The van der Waals surface area contributed by atoms with Crippen LogP contribution in [0.15, 0.2) is 77.6 Å². The number of ether oxygens (including phenoxy) is 2. The summed E-state index contributed by atoms with van der Waals surface area (Å²) < 4.78 is 12.8. The van der Waals surface area contributed by atoms with Gasteiger partial charge in [0.15, 0.2) is 17.2 Å². The number of hydrogen-bond donors (Lipinski definition) is 0. The number of aromatic nitrogens is 2. The van der Waals surface area contributed by atoms with Crippen molar-refractivity contribution in [3.05, 3.63) is 94.4 Å². The second kappa shape index (κ2) is 9.33. The lowest BCUT2D eigenvalue weighted by Gasteiger charge is -2.14. The fraction of sp³-hybridized carbons (Fsp3) is 0.160. The average molecular weight is 477 g/mol. The van der Waals surface area contributed by atoms with Crippen molar-refractivity contribution in [1.82, 2.24) is 9.78 Å². The molecule has 2 heterocycles. The molecule has 0 saturated carbocycles. The van der Waals surface area contributed by atoms with Gasteiger partial charge in [-0.05, 0) is 35.9 Å². The summed E-state index contributed by atoms with van der Waals surface area (Å²) >= 11 is 3.78. The van der Waals surface area contributed by atoms with Crippen LogP contribution in [0.5, 0.6) is 11.5 Å². The minimum atomic E-state index is -0.661. The van der Waals surface area contributed by atoms with Crippen molar-refractivity contribution < 1.29 is 14.3 Å². The lowest BCUT2D eigenvalue weighted by molar-refractivity contribution is 0.0724. The third-order valence-electron chi connectivity index (χ3n) is 5.28. The third-order valence-corrected chi connectivity index (χ3v) is 8.39. The number of rotatable bonds is 5. The normalized spacial score (nSPS) is 13.8. The molecule has 0 bridgehead atoms. The predicted molar refractivity (Wildman–Crippen MR) is 133 cm³/mol. The minimum Gasteiger partial charge on any atom is -0.493 e. The molecule has 166 valence electrons. The number of nitrogens with zero attached hydrogens (tertiary/aromatic N) is 2. The summed E-state index contributed by atoms with van der Waals surface area (Å²) in [7, 11) is 1.55. The van der Waals surface area contributed by atoms with Gasteiger partial charge in [0.1, 0.15) is 0 Å². The van der Waals surface area contributed by atoms with Gasteiger partial charge in [0, 0.05) is 16.9 Å². The first-order valence-corrected chi connectivity index (χ1v) is 12.5. The van der Waals surface area contributed by atoms with Gasteiger partial charge in [-0.1, -0.05) is 42.5 Å². The second-order valence-corrected chi connectivity index (χ2v) is 10.0. The van der Waals surface area contributed by atoms with E-state index in [2.05, 4.69) is 5.10 Å². The number of para-hydroxylation sites is 1. The van der Waals surface area contributed by atoms with Crippen LogP contribution in [0.4, 0.5) is 0 Å². The maximum Gasteiger partial charge on any atom is 0.364 e. The van der Waals surface area contributed by atoms with Crippen molar-refractivity contribution in [2.75, 3.05) is 18.6 Å². The molecule has 0 atom stereocenters. The summed E-state index contributed by atoms with van der Waals surface area (Å²) in [5, 5.41) is 5.21. The highest BCUT2D eigenvalue weighted by Crippen LogP contribution is 2.47. The van der Waals surface area contributed by atoms with Gasteiger partial charge in [-0.2, -0.15) is 9.78 Å². The highest BCUT2D eigenvalue weighted by Gasteiger charge is 2.23. The number of fused-ring (bicyclic) bond motifs is 1. The summed E-state index contributed by atoms with van der Waals surface area (Å²) in [5.74, 6) is 2.36. The van der Waals surface area contributed by atoms with Crippen molar-refractivity contribution in [2.45, 2.75) is 4.58 Å². The molecule has 1 saturated heterocycles. The summed E-state index contributed by atoms with van der Waals surface area (Å²) in [6, 6.07) is 21.5. The third kappa shape index (κ3) is 4.24. The fourth-order valence-electron chi connectivity index (χ4n) is 3.70. The molecular weight excluding hydrogens is 456 g/mol. The van der Waals surface area contributed by atoms with Crippen LogP contribution in [0, 0.1) is 0 Å². The zero-order chi connectivity index (χ0) is 22.8. The molecule has 3 aromatic carbocycles. The van der Waals surface area contributed by atoms with E-state index in [-0.39, 0.29) is 11.3 Å². The molecule has 0 N–H and O–H groups in total. The maximum atomic E-state index is 13.3. The number of hydrogen-bond acceptors (Lipinski definition) is 7. The molecule has 1 aromatic heterocycles. The molecule has 6 nitrogen and oxygen atoms in total. The number of benzene rings is 3. The molecule has 0 aliphatic carbocycles. The Bertz CT molecular complexity index is 1380. The summed E-state index contributed by atoms with van der Waals surface area (Å²) in [4.78, 5) is 26.3. The standard InChI is InChI=1S/C25H20N2O4S2/c1-30-21-15-16(25-32-13-14-33-25)11-12-20(21)31-24(29)22-18-9-5-6-10-19(18)23(28)27(26-22)17-7-3-2-4-8-17/h2-12,15,25H,13-14H2,1H3. The van der Waals surface area contributed by atoms with Gasteiger partial charge >= 0.3 is 5.97 Å². The van der Waals surface area contributed by atoms with Crippen LogP contribution in [-0.2, 0) is 0 Å². The molecule has 4 aromatic rings. The van der Waals surface area contributed by atoms with E-state index in [4.69, 9.17) is 9.47 Å². The van der Waals surface area contributed by atoms with Gasteiger partial charge in [0.05, 0.1) is 22.8 Å². The molecule has 33 heavy (non-hydrogen) atoms. The summed E-state index contributed by atoms with van der Waals surface area (Å²) in [5.41, 5.74) is 1.44. The Labute approximate surface area is 198 Å². The molecule has 0 unspecified atom stereocenters. The van der Waals surface area contributed by atoms with Gasteiger partial charge in [-0.3, -0.25) is 4.79 Å². The highest BCUT2D eigenvalue weighted by atomic mass is 32.2. The molecule has 5 rings (SSSR count). The van der Waals surface area contributed by atoms with Crippen LogP contribution in [0.1, 0.15) is 20.6 Å². The smallest absolute Gasteiger partial charge is 0.364 e. The van der Waals surface area contributed by atoms with E-state index in [9.17, 15) is 9.59 Å². The van der Waals surface area contributed by atoms with E-state index < -0.39 is 5.97 Å². The van der Waals surface area contributed by atoms with E-state index in [1.807, 2.05) is 53.9 Å². The molecule has 0 amide bonds. The van der Waals surface area contributed by atoms with Crippen molar-refractivity contribution in [1.29, 1.82) is 0 Å². The summed E-state index contributed by atoms with van der Waals surface area (Å²) in [6.45, 7) is 0. The fourth-order valence-corrected chi connectivity index (χ4v) is 6.54. The lowest BCUT2D eigenvalue weighted by Crippen LogP contribution is -2.26. The molecule has 1 fully saturated rings. The Hall–Kier alpha value is -3.23. The number of carbonyl (C=O) groups is 1. The second-order valence-electron chi connectivity index (χ2n) is 7.32. The van der Waals surface area contributed by atoms with Crippen LogP contribution in [0.25, 0.3) is 16.5 Å². The SMILES string of the molecule is COc1cc(C2SCCS2)ccc1OC(=O)c1nn(-c2ccccc2)c(=O)c2ccccc12. The van der Waals surface area contributed by atoms with Crippen molar-refractivity contribution in [3.63, 3.8) is 0 Å². The summed E-state index contributed by atoms with van der Waals surface area (Å²) in [6.07, 6.45) is 0. The average Bonchev–Trinajstić information content (AvgIpc) is 3.40. The minimum absolute atomic E-state index is 0.0575. The lowest BCUT2D eigenvalue weighted by atomic mass is 10.1. The highest BCUT2D eigenvalue weighted by molar-refractivity contribution is 8.19. The van der Waals surface area contributed by atoms with Crippen molar-refractivity contribution in [3.8, 4) is 17.2 Å². The predicted octanol–water partition coefficient (Wildman–Crippen LogP) is 5.09. The zero-order valence-corrected chi connectivity index (χ0v) is 19.4. The van der Waals surface area contributed by atoms with E-state index in [1.54, 1.807) is 49.6 Å². The van der Waals surface area contributed by atoms with Crippen LogP contribution in [-0.4, -0.2) is 34.4 Å². The molecule has 8 heteroatoms. The van der Waals surface area contributed by atoms with E-state index in [0.717, 1.165) is 17.1 Å². The zero-order valence-electron chi connectivity index (χ0n) is 17.8. The largest absolute Gasteiger partial charge is 0.493 e. The van der Waals surface area contributed by atoms with Crippen LogP contribution in [0.2, 0.25) is 0 Å². The van der Waals surface area contributed by atoms with Gasteiger partial charge in [0.2, 0.25) is 0 Å². The molecular formula is C25H20N2O4S2. The first kappa shape index (κ1) is 21.6. The van der Waals surface area contributed by atoms with E-state index in [0.29, 0.717) is 32.5 Å². The number of thioether (sulfide) groups is 2. The quantitative estimate of drug-likeness (QED) is 0.293. The monoisotopic (exact) mass is 476 g/mol. The van der Waals surface area contributed by atoms with Crippen molar-refractivity contribution in [2.24, 2.45) is 0 Å². The van der Waals surface area contributed by atoms with Gasteiger partial charge in [0.25, 0.3) is 5.56 Å². The molecule has 0 radical (unpaired) electrons. The molecule has 1 aliphatic heterocycles. The Morgan fingerprint density at radius 3 is 2.36 bits per heavy atom. The first-order chi connectivity index (χ1) is 16.2. The Morgan fingerprint density at radius 1 is 0.939 bits per heavy atom. The Morgan fingerprint density at radius 2 is 1.64 bits per heavy atom. The van der Waals surface area contributed by atoms with Gasteiger partial charge < -0.3 is 9.47 Å². The van der Waals surface area contributed by atoms with Crippen LogP contribution >= 0.6 is 23.5 Å². The van der Waals surface area contributed by atoms with Gasteiger partial charge in [-0.25, -0.2) is 4.79 Å².